The fraction of sp³-hybridized carbons (Fsp3) is 0.273. The minimum absolute atomic E-state index is 0.149. The van der Waals surface area contributed by atoms with Gasteiger partial charge in [-0.05, 0) is 29.7 Å². The zero-order valence-corrected chi connectivity index (χ0v) is 8.47. The van der Waals surface area contributed by atoms with E-state index in [2.05, 4.69) is 0 Å². The Hall–Kier alpha value is -1.42. The Kier molecular flexibility index (Phi) is 4.24. The van der Waals surface area contributed by atoms with E-state index in [1.165, 1.54) is 19.2 Å². The molecule has 0 atom stereocenters. The van der Waals surface area contributed by atoms with E-state index in [1.54, 1.807) is 6.07 Å². The van der Waals surface area contributed by atoms with Crippen molar-refractivity contribution in [2.75, 3.05) is 13.7 Å². The Bertz CT molecular complexity index is 364. The van der Waals surface area contributed by atoms with Gasteiger partial charge < -0.3 is 10.5 Å². The van der Waals surface area contributed by atoms with Gasteiger partial charge in [0.15, 0.2) is 11.6 Å². The molecule has 0 aromatic heterocycles. The highest BCUT2D eigenvalue weighted by Crippen LogP contribution is 2.19. The molecule has 0 radical (unpaired) electrons. The van der Waals surface area contributed by atoms with Crippen LogP contribution in [0, 0.1) is 5.82 Å². The first-order valence-electron chi connectivity index (χ1n) is 4.52. The maximum atomic E-state index is 13.0. The highest BCUT2D eigenvalue weighted by atomic mass is 19.1. The molecule has 0 saturated heterocycles. The molecule has 0 bridgehead atoms. The minimum Gasteiger partial charge on any atom is -0.494 e. The number of rotatable bonds is 4. The van der Waals surface area contributed by atoms with Crippen molar-refractivity contribution in [3.05, 3.63) is 41.5 Å². The van der Waals surface area contributed by atoms with Gasteiger partial charge in [0, 0.05) is 6.54 Å². The van der Waals surface area contributed by atoms with E-state index in [9.17, 15) is 8.78 Å². The van der Waals surface area contributed by atoms with Gasteiger partial charge in [-0.2, -0.15) is 0 Å². The summed E-state index contributed by atoms with van der Waals surface area (Å²) in [5.41, 5.74) is 6.55. The third kappa shape index (κ3) is 3.02. The van der Waals surface area contributed by atoms with E-state index >= 15 is 0 Å². The van der Waals surface area contributed by atoms with Gasteiger partial charge in [-0.15, -0.1) is 0 Å². The van der Waals surface area contributed by atoms with Crippen LogP contribution in [0.3, 0.4) is 0 Å². The first-order chi connectivity index (χ1) is 7.21. The standard InChI is InChI=1S/C11H13F2NO/c1-15-11-5-8(2-3-10(11)13)4-9(6-12)7-14/h2-3,5-6H,4,7,14H2,1H3/b9-6-. The predicted octanol–water partition coefficient (Wildman–Crippen LogP) is 2.19. The molecule has 0 spiro atoms. The smallest absolute Gasteiger partial charge is 0.165 e. The van der Waals surface area contributed by atoms with Crippen molar-refractivity contribution in [3.8, 4) is 5.75 Å². The van der Waals surface area contributed by atoms with E-state index in [1.807, 2.05) is 0 Å². The Morgan fingerprint density at radius 2 is 2.27 bits per heavy atom. The SMILES string of the molecule is COc1cc(C/C(=C/F)CN)ccc1F. The highest BCUT2D eigenvalue weighted by molar-refractivity contribution is 5.32. The Balaban J connectivity index is 2.87. The Labute approximate surface area is 87.4 Å². The summed E-state index contributed by atoms with van der Waals surface area (Å²) in [6.45, 7) is 0.149. The van der Waals surface area contributed by atoms with Crippen molar-refractivity contribution in [1.82, 2.24) is 0 Å². The molecule has 0 aliphatic carbocycles. The second kappa shape index (κ2) is 5.46. The zero-order valence-electron chi connectivity index (χ0n) is 8.47. The molecular weight excluding hydrogens is 200 g/mol. The second-order valence-electron chi connectivity index (χ2n) is 3.12. The molecule has 1 rings (SSSR count). The minimum atomic E-state index is -0.431. The number of halogens is 2. The third-order valence-corrected chi connectivity index (χ3v) is 2.06. The number of methoxy groups -OCH3 is 1. The lowest BCUT2D eigenvalue weighted by molar-refractivity contribution is 0.386. The molecule has 1 aromatic rings. The molecule has 0 unspecified atom stereocenters. The van der Waals surface area contributed by atoms with Crippen LogP contribution in [0.15, 0.2) is 30.1 Å². The predicted molar refractivity (Wildman–Crippen MR) is 54.9 cm³/mol. The van der Waals surface area contributed by atoms with E-state index in [-0.39, 0.29) is 12.3 Å². The molecule has 1 aromatic carbocycles. The molecule has 82 valence electrons. The van der Waals surface area contributed by atoms with E-state index in [0.717, 1.165) is 5.56 Å². The van der Waals surface area contributed by atoms with Crippen molar-refractivity contribution >= 4 is 0 Å². The topological polar surface area (TPSA) is 35.2 Å². The van der Waals surface area contributed by atoms with Crippen molar-refractivity contribution in [2.24, 2.45) is 5.73 Å². The molecule has 15 heavy (non-hydrogen) atoms. The van der Waals surface area contributed by atoms with Crippen molar-refractivity contribution in [3.63, 3.8) is 0 Å². The van der Waals surface area contributed by atoms with Gasteiger partial charge in [0.2, 0.25) is 0 Å². The lowest BCUT2D eigenvalue weighted by atomic mass is 10.1. The van der Waals surface area contributed by atoms with Crippen LogP contribution in [0.2, 0.25) is 0 Å². The molecule has 0 heterocycles. The quantitative estimate of drug-likeness (QED) is 0.832. The number of ether oxygens (including phenoxy) is 1. The summed E-state index contributed by atoms with van der Waals surface area (Å²) in [7, 11) is 1.39. The summed E-state index contributed by atoms with van der Waals surface area (Å²) in [6, 6.07) is 4.41. The first-order valence-corrected chi connectivity index (χ1v) is 4.52. The van der Waals surface area contributed by atoms with Gasteiger partial charge in [0.05, 0.1) is 13.4 Å². The summed E-state index contributed by atoms with van der Waals surface area (Å²) in [6.07, 6.45) is 0.847. The Morgan fingerprint density at radius 3 is 2.80 bits per heavy atom. The van der Waals surface area contributed by atoms with E-state index in [0.29, 0.717) is 18.3 Å². The van der Waals surface area contributed by atoms with Crippen molar-refractivity contribution < 1.29 is 13.5 Å². The molecule has 0 amide bonds. The molecule has 0 fully saturated rings. The fourth-order valence-electron chi connectivity index (χ4n) is 1.23. The maximum Gasteiger partial charge on any atom is 0.165 e. The number of benzene rings is 1. The molecule has 2 nitrogen and oxygen atoms in total. The van der Waals surface area contributed by atoms with E-state index in [4.69, 9.17) is 10.5 Å². The van der Waals surface area contributed by atoms with Crippen LogP contribution in [0.5, 0.6) is 5.75 Å². The summed E-state index contributed by atoms with van der Waals surface area (Å²) < 4.78 is 30.1. The first kappa shape index (κ1) is 11.7. The highest BCUT2D eigenvalue weighted by Gasteiger charge is 2.04. The average Bonchev–Trinajstić information content (AvgIpc) is 2.28. The monoisotopic (exact) mass is 213 g/mol. The van der Waals surface area contributed by atoms with Crippen LogP contribution < -0.4 is 10.5 Å². The third-order valence-electron chi connectivity index (χ3n) is 2.06. The molecule has 0 aliphatic heterocycles. The lowest BCUT2D eigenvalue weighted by Gasteiger charge is -2.06. The van der Waals surface area contributed by atoms with Crippen molar-refractivity contribution in [2.45, 2.75) is 6.42 Å². The molecule has 0 aliphatic rings. The number of hydrogen-bond donors (Lipinski definition) is 1. The van der Waals surface area contributed by atoms with Crippen LogP contribution in [-0.4, -0.2) is 13.7 Å². The lowest BCUT2D eigenvalue weighted by Crippen LogP contribution is -2.05. The zero-order chi connectivity index (χ0) is 11.3. The van der Waals surface area contributed by atoms with Gasteiger partial charge >= 0.3 is 0 Å². The second-order valence-corrected chi connectivity index (χ2v) is 3.12. The van der Waals surface area contributed by atoms with Gasteiger partial charge in [0.1, 0.15) is 0 Å². The van der Waals surface area contributed by atoms with Crippen LogP contribution in [0.25, 0.3) is 0 Å². The average molecular weight is 213 g/mol. The molecule has 0 saturated carbocycles. The van der Waals surface area contributed by atoms with Crippen LogP contribution in [0.1, 0.15) is 5.56 Å². The van der Waals surface area contributed by atoms with Gasteiger partial charge in [-0.3, -0.25) is 0 Å². The molecular formula is C11H13F2NO. The number of hydrogen-bond acceptors (Lipinski definition) is 2. The van der Waals surface area contributed by atoms with Crippen molar-refractivity contribution in [1.29, 1.82) is 0 Å². The van der Waals surface area contributed by atoms with Crippen LogP contribution in [-0.2, 0) is 6.42 Å². The van der Waals surface area contributed by atoms with Crippen LogP contribution >= 0.6 is 0 Å². The van der Waals surface area contributed by atoms with Gasteiger partial charge in [0.25, 0.3) is 0 Å². The normalized spacial score (nSPS) is 11.6. The molecule has 2 N–H and O–H groups in total. The largest absolute Gasteiger partial charge is 0.494 e. The summed E-state index contributed by atoms with van der Waals surface area (Å²) >= 11 is 0. The summed E-state index contributed by atoms with van der Waals surface area (Å²) in [4.78, 5) is 0. The summed E-state index contributed by atoms with van der Waals surface area (Å²) in [5.74, 6) is -0.275. The number of nitrogens with two attached hydrogens (primary N) is 1. The van der Waals surface area contributed by atoms with Gasteiger partial charge in [-0.25, -0.2) is 8.78 Å². The Morgan fingerprint density at radius 1 is 1.53 bits per heavy atom. The maximum absolute atomic E-state index is 13.0. The molecule has 4 heteroatoms. The summed E-state index contributed by atoms with van der Waals surface area (Å²) in [5, 5.41) is 0. The van der Waals surface area contributed by atoms with Crippen LogP contribution in [0.4, 0.5) is 8.78 Å². The van der Waals surface area contributed by atoms with Gasteiger partial charge in [-0.1, -0.05) is 6.07 Å². The fourth-order valence-corrected chi connectivity index (χ4v) is 1.23. The van der Waals surface area contributed by atoms with E-state index < -0.39 is 5.82 Å².